The second kappa shape index (κ2) is 12.9. The van der Waals surface area contributed by atoms with Crippen LogP contribution in [0.15, 0.2) is 72.7 Å². The summed E-state index contributed by atoms with van der Waals surface area (Å²) in [5.41, 5.74) is 1.94. The van der Waals surface area contributed by atoms with Crippen LogP contribution in [0.3, 0.4) is 0 Å². The van der Waals surface area contributed by atoms with Gasteiger partial charge in [0.2, 0.25) is 0 Å². The van der Waals surface area contributed by atoms with E-state index in [1.807, 2.05) is 30.6 Å². The van der Waals surface area contributed by atoms with E-state index in [0.717, 1.165) is 48.3 Å². The van der Waals surface area contributed by atoms with Gasteiger partial charge in [-0.3, -0.25) is 0 Å². The molecule has 1 unspecified atom stereocenters. The molecule has 0 saturated carbocycles. The van der Waals surface area contributed by atoms with Gasteiger partial charge < -0.3 is 24.1 Å². The summed E-state index contributed by atoms with van der Waals surface area (Å²) in [4.78, 5) is 10.9. The van der Waals surface area contributed by atoms with Crippen molar-refractivity contribution >= 4 is 40.7 Å². The van der Waals surface area contributed by atoms with Crippen LogP contribution in [0.25, 0.3) is 0 Å². The molecule has 13 heteroatoms. The summed E-state index contributed by atoms with van der Waals surface area (Å²) in [7, 11) is 0. The lowest BCUT2D eigenvalue weighted by atomic mass is 10.0. The minimum absolute atomic E-state index is 0.348. The van der Waals surface area contributed by atoms with Gasteiger partial charge in [-0.15, -0.1) is 0 Å². The van der Waals surface area contributed by atoms with Crippen LogP contribution in [-0.4, -0.2) is 75.4 Å². The first-order valence-electron chi connectivity index (χ1n) is 13.5. The highest BCUT2D eigenvalue weighted by atomic mass is 35.5. The number of rotatable bonds is 10. The Morgan fingerprint density at radius 3 is 2.66 bits per heavy atom. The first-order valence-corrected chi connectivity index (χ1v) is 15.3. The standard InChI is InChI=1S/C28H31Cl2N7O3S/c1-2-41-28-32-9-10-37(28)36-13-11-34(12-14-36)21-4-6-22(7-5-21)39-27(23-8-3-20(29)15-24(23)30)25-17-38-26(40-25)16-35-19-31-18-33-35/h3-10,15,18-19,25-27H,2,11-14,16-17H2,1H3/t25-,26-,27?/m0/s1. The number of thioether (sulfide) groups is 1. The van der Waals surface area contributed by atoms with E-state index in [1.165, 1.54) is 6.33 Å². The molecule has 10 nitrogen and oxygen atoms in total. The number of imidazole rings is 1. The van der Waals surface area contributed by atoms with Crippen LogP contribution < -0.4 is 14.6 Å². The second-order valence-electron chi connectivity index (χ2n) is 9.68. The number of aromatic nitrogens is 5. The van der Waals surface area contributed by atoms with E-state index in [1.54, 1.807) is 34.9 Å². The molecular weight excluding hydrogens is 585 g/mol. The Labute approximate surface area is 253 Å². The summed E-state index contributed by atoms with van der Waals surface area (Å²) in [5.74, 6) is 1.71. The lowest BCUT2D eigenvalue weighted by Crippen LogP contribution is -2.51. The van der Waals surface area contributed by atoms with Crippen LogP contribution in [-0.2, 0) is 16.0 Å². The summed E-state index contributed by atoms with van der Waals surface area (Å²) in [5, 5.41) is 8.60. The van der Waals surface area contributed by atoms with E-state index < -0.39 is 12.4 Å². The second-order valence-corrected chi connectivity index (χ2v) is 11.8. The SMILES string of the molecule is CCSc1nccn1N1CCN(c2ccc(OC(c3ccc(Cl)cc3Cl)[C@@H]3CO[C@H](Cn4cncn4)O3)cc2)CC1. The molecule has 2 aliphatic heterocycles. The van der Waals surface area contributed by atoms with Gasteiger partial charge in [0, 0.05) is 46.8 Å². The molecule has 2 saturated heterocycles. The van der Waals surface area contributed by atoms with Crippen molar-refractivity contribution < 1.29 is 14.2 Å². The molecule has 2 fully saturated rings. The normalized spacial score (nSPS) is 20.0. The molecule has 2 aliphatic rings. The molecule has 216 valence electrons. The summed E-state index contributed by atoms with van der Waals surface area (Å²) in [6.07, 6.45) is 5.67. The van der Waals surface area contributed by atoms with Gasteiger partial charge >= 0.3 is 0 Å². The fourth-order valence-corrected chi connectivity index (χ4v) is 6.28. The van der Waals surface area contributed by atoms with Crippen LogP contribution in [0, 0.1) is 0 Å². The predicted octanol–water partition coefficient (Wildman–Crippen LogP) is 4.91. The van der Waals surface area contributed by atoms with Gasteiger partial charge in [0.15, 0.2) is 17.6 Å². The number of anilines is 1. The van der Waals surface area contributed by atoms with Gasteiger partial charge in [0.25, 0.3) is 0 Å². The highest BCUT2D eigenvalue weighted by Gasteiger charge is 2.36. The van der Waals surface area contributed by atoms with Crippen molar-refractivity contribution in [1.29, 1.82) is 0 Å². The monoisotopic (exact) mass is 615 g/mol. The fourth-order valence-electron chi connectivity index (χ4n) is 5.06. The zero-order valence-electron chi connectivity index (χ0n) is 22.6. The topological polar surface area (TPSA) is 82.7 Å². The third-order valence-electron chi connectivity index (χ3n) is 7.07. The molecule has 4 aromatic rings. The third kappa shape index (κ3) is 6.60. The van der Waals surface area contributed by atoms with Gasteiger partial charge in [-0.25, -0.2) is 19.3 Å². The Morgan fingerprint density at radius 1 is 1.10 bits per heavy atom. The van der Waals surface area contributed by atoms with Crippen molar-refractivity contribution in [2.24, 2.45) is 0 Å². The average molecular weight is 617 g/mol. The summed E-state index contributed by atoms with van der Waals surface area (Å²) >= 11 is 14.6. The van der Waals surface area contributed by atoms with Crippen molar-refractivity contribution in [2.75, 3.05) is 48.4 Å². The minimum Gasteiger partial charge on any atom is -0.483 e. The highest BCUT2D eigenvalue weighted by Crippen LogP contribution is 2.36. The minimum atomic E-state index is -0.500. The molecule has 2 aromatic carbocycles. The maximum atomic E-state index is 6.62. The van der Waals surface area contributed by atoms with Crippen molar-refractivity contribution in [1.82, 2.24) is 24.4 Å². The van der Waals surface area contributed by atoms with E-state index in [0.29, 0.717) is 28.9 Å². The number of hydrogen-bond acceptors (Lipinski definition) is 9. The Hall–Kier alpha value is -2.96. The van der Waals surface area contributed by atoms with E-state index >= 15 is 0 Å². The van der Waals surface area contributed by atoms with E-state index in [4.69, 9.17) is 37.4 Å². The molecule has 0 radical (unpaired) electrons. The molecule has 0 N–H and O–H groups in total. The number of hydrogen-bond donors (Lipinski definition) is 0. The van der Waals surface area contributed by atoms with Gasteiger partial charge in [-0.2, -0.15) is 5.10 Å². The van der Waals surface area contributed by atoms with Crippen molar-refractivity contribution in [2.45, 2.75) is 37.1 Å². The molecule has 0 amide bonds. The number of piperazine rings is 1. The Bertz CT molecular complexity index is 1410. The van der Waals surface area contributed by atoms with Crippen LogP contribution >= 0.6 is 35.0 Å². The van der Waals surface area contributed by atoms with Crippen LogP contribution in [0.4, 0.5) is 5.69 Å². The van der Waals surface area contributed by atoms with Gasteiger partial charge in [-0.1, -0.05) is 48.0 Å². The summed E-state index contributed by atoms with van der Waals surface area (Å²) in [6, 6.07) is 13.6. The van der Waals surface area contributed by atoms with Gasteiger partial charge in [0.05, 0.1) is 26.2 Å². The van der Waals surface area contributed by atoms with Crippen LogP contribution in [0.5, 0.6) is 5.75 Å². The number of nitrogens with zero attached hydrogens (tertiary/aromatic N) is 7. The third-order valence-corrected chi connectivity index (χ3v) is 8.47. The molecule has 3 atom stereocenters. The molecule has 0 bridgehead atoms. The van der Waals surface area contributed by atoms with Crippen molar-refractivity contribution in [3.63, 3.8) is 0 Å². The summed E-state index contributed by atoms with van der Waals surface area (Å²) in [6.45, 7) is 6.58. The van der Waals surface area contributed by atoms with E-state index in [-0.39, 0.29) is 6.10 Å². The first kappa shape index (κ1) is 28.2. The maximum absolute atomic E-state index is 6.62. The molecule has 0 spiro atoms. The smallest absolute Gasteiger partial charge is 0.186 e. The zero-order valence-corrected chi connectivity index (χ0v) is 24.9. The fraction of sp³-hybridized carbons (Fsp3) is 0.393. The molecular formula is C28H31Cl2N7O3S. The Kier molecular flexibility index (Phi) is 8.87. The van der Waals surface area contributed by atoms with Gasteiger partial charge in [-0.05, 0) is 42.2 Å². The molecule has 4 heterocycles. The quantitative estimate of drug-likeness (QED) is 0.231. The van der Waals surface area contributed by atoms with E-state index in [2.05, 4.69) is 48.7 Å². The van der Waals surface area contributed by atoms with Crippen LogP contribution in [0.1, 0.15) is 18.6 Å². The Morgan fingerprint density at radius 2 is 1.93 bits per heavy atom. The van der Waals surface area contributed by atoms with Crippen molar-refractivity contribution in [3.8, 4) is 5.75 Å². The number of ether oxygens (including phenoxy) is 3. The molecule has 2 aromatic heterocycles. The van der Waals surface area contributed by atoms with Crippen LogP contribution in [0.2, 0.25) is 10.0 Å². The molecule has 41 heavy (non-hydrogen) atoms. The lowest BCUT2D eigenvalue weighted by Gasteiger charge is -2.38. The largest absolute Gasteiger partial charge is 0.483 e. The Balaban J connectivity index is 1.12. The highest BCUT2D eigenvalue weighted by molar-refractivity contribution is 7.99. The van der Waals surface area contributed by atoms with E-state index in [9.17, 15) is 0 Å². The lowest BCUT2D eigenvalue weighted by molar-refractivity contribution is -0.0867. The maximum Gasteiger partial charge on any atom is 0.186 e. The predicted molar refractivity (Wildman–Crippen MR) is 160 cm³/mol. The number of halogens is 2. The first-order chi connectivity index (χ1) is 20.1. The summed E-state index contributed by atoms with van der Waals surface area (Å²) < 4.78 is 22.5. The molecule has 0 aliphatic carbocycles. The number of benzene rings is 2. The molecule has 6 rings (SSSR count). The van der Waals surface area contributed by atoms with Gasteiger partial charge in [0.1, 0.15) is 24.5 Å². The zero-order chi connectivity index (χ0) is 28.2. The average Bonchev–Trinajstić information content (AvgIpc) is 3.76. The van der Waals surface area contributed by atoms with Crippen molar-refractivity contribution in [3.05, 3.63) is 83.1 Å².